The molecule has 54 heavy (non-hydrogen) atoms. The molecule has 9 nitrogen and oxygen atoms in total. The fourth-order valence-electron chi connectivity index (χ4n) is 3.86. The molecule has 0 saturated heterocycles. The third-order valence-electron chi connectivity index (χ3n) is 6.45. The number of carbonyl (C=O) groups is 2. The van der Waals surface area contributed by atoms with E-state index in [9.17, 15) is 18.4 Å². The third-order valence-corrected chi connectivity index (χ3v) is 8.89. The number of benzene rings is 5. The van der Waals surface area contributed by atoms with Gasteiger partial charge in [-0.25, -0.2) is 13.6 Å². The van der Waals surface area contributed by atoms with Gasteiger partial charge in [0.05, 0.1) is 19.7 Å². The fourth-order valence-corrected chi connectivity index (χ4v) is 6.17. The van der Waals surface area contributed by atoms with Crippen molar-refractivity contribution in [2.75, 3.05) is 19.7 Å². The number of nitrogens with zero attached hydrogens (tertiary/aromatic N) is 2. The van der Waals surface area contributed by atoms with Gasteiger partial charge in [-0.2, -0.15) is 10.2 Å². The van der Waals surface area contributed by atoms with Crippen LogP contribution in [-0.4, -0.2) is 54.1 Å². The standard InChI is InChI=1S/C18H15P.C11H9FO3.C6H5FO.C5H9O3.C2H4N2.H2/c1-4-10-16(11-5-1)19(17-12-6-2-7-13-17)18-14-8-3-9-15-18;1-3-14-11(13)8(2)15-10-6-4-9(12)5-7-10;7-5-1-3-6(8)4-2-5;1-3-8-5(7)4(2)6;1-2-4-3-1;/h1-15H;1,4-8H,2H3;1-4,8H;4,6H,2-3H2,1H3;1-2H2;1H/q;;;-1;;/t;8-;;4-;;/m.1.1../s1. The molecule has 0 saturated carbocycles. The second-order valence-corrected chi connectivity index (χ2v) is 12.8. The first-order chi connectivity index (χ1) is 26.0. The summed E-state index contributed by atoms with van der Waals surface area (Å²) in [4.78, 5) is 21.3. The minimum atomic E-state index is -1.24. The maximum absolute atomic E-state index is 12.5. The van der Waals surface area contributed by atoms with Gasteiger partial charge in [0.15, 0.2) is 6.10 Å². The molecule has 284 valence electrons. The number of terminal acetylenes is 1. The molecule has 1 heterocycles. The zero-order valence-electron chi connectivity index (χ0n) is 29.9. The molecule has 0 amide bonds. The van der Waals surface area contributed by atoms with Gasteiger partial charge in [0.1, 0.15) is 29.2 Å². The van der Waals surface area contributed by atoms with E-state index >= 15 is 0 Å². The minimum Gasteiger partial charge on any atom is -0.508 e. The molecule has 1 aliphatic rings. The first-order valence-electron chi connectivity index (χ1n) is 16.5. The molecule has 0 spiro atoms. The topological polar surface area (TPSA) is 127 Å². The summed E-state index contributed by atoms with van der Waals surface area (Å²) >= 11 is 0. The Hall–Kier alpha value is -5.95. The van der Waals surface area contributed by atoms with E-state index in [4.69, 9.17) is 21.4 Å². The number of aromatic hydroxyl groups is 1. The maximum atomic E-state index is 12.5. The van der Waals surface area contributed by atoms with E-state index in [0.29, 0.717) is 5.75 Å². The van der Waals surface area contributed by atoms with Gasteiger partial charge in [0, 0.05) is 7.53 Å². The molecule has 6 rings (SSSR count). The van der Waals surface area contributed by atoms with Crippen molar-refractivity contribution in [2.45, 2.75) is 26.1 Å². The van der Waals surface area contributed by atoms with Gasteiger partial charge < -0.3 is 31.3 Å². The zero-order chi connectivity index (χ0) is 39.6. The van der Waals surface area contributed by atoms with Crippen LogP contribution in [0.5, 0.6) is 11.5 Å². The van der Waals surface area contributed by atoms with Crippen LogP contribution < -0.4 is 20.7 Å². The summed E-state index contributed by atoms with van der Waals surface area (Å²) in [5.41, 5.74) is 0. The lowest BCUT2D eigenvalue weighted by Crippen LogP contribution is -2.24. The molecular formula is C42H44F2N2O7P-. The zero-order valence-corrected chi connectivity index (χ0v) is 30.8. The number of azo groups is 1. The largest absolute Gasteiger partial charge is 0.508 e. The van der Waals surface area contributed by atoms with Crippen molar-refractivity contribution >= 4 is 35.8 Å². The predicted octanol–water partition coefficient (Wildman–Crippen LogP) is 7.15. The number of phenols is 1. The Morgan fingerprint density at radius 3 is 1.46 bits per heavy atom. The van der Waals surface area contributed by atoms with Crippen LogP contribution >= 0.6 is 7.92 Å². The lowest BCUT2D eigenvalue weighted by Gasteiger charge is -2.18. The van der Waals surface area contributed by atoms with Crippen LogP contribution in [-0.2, 0) is 19.1 Å². The van der Waals surface area contributed by atoms with Gasteiger partial charge in [-0.15, -0.1) is 0 Å². The van der Waals surface area contributed by atoms with Crippen LogP contribution in [0.3, 0.4) is 0 Å². The normalized spacial score (nSPS) is 11.6. The van der Waals surface area contributed by atoms with Gasteiger partial charge in [-0.3, -0.25) is 4.79 Å². The monoisotopic (exact) mass is 757 g/mol. The van der Waals surface area contributed by atoms with Crippen molar-refractivity contribution < 1.29 is 44.2 Å². The average Bonchev–Trinajstić information content (AvgIpc) is 3.15. The van der Waals surface area contributed by atoms with Crippen molar-refractivity contribution in [1.82, 2.24) is 0 Å². The van der Waals surface area contributed by atoms with Crippen LogP contribution in [0.1, 0.15) is 15.3 Å². The number of rotatable bonds is 8. The van der Waals surface area contributed by atoms with Gasteiger partial charge in [0.2, 0.25) is 0 Å². The summed E-state index contributed by atoms with van der Waals surface area (Å²) in [6, 6.07) is 42.6. The number of aliphatic hydroxyl groups is 1. The van der Waals surface area contributed by atoms with Crippen LogP contribution in [0.2, 0.25) is 0 Å². The van der Waals surface area contributed by atoms with E-state index in [0.717, 1.165) is 13.1 Å². The Bertz CT molecular complexity index is 1730. The Balaban J connectivity index is 0.000000373. The Kier molecular flexibility index (Phi) is 21.2. The molecule has 2 atom stereocenters. The van der Waals surface area contributed by atoms with Gasteiger partial charge in [-0.05, 0) is 86.2 Å². The molecular weight excluding hydrogens is 713 g/mol. The number of ether oxygens (including phenoxy) is 3. The number of esters is 2. The van der Waals surface area contributed by atoms with Gasteiger partial charge in [-0.1, -0.05) is 97.4 Å². The lowest BCUT2D eigenvalue weighted by molar-refractivity contribution is -0.150. The van der Waals surface area contributed by atoms with E-state index in [1.807, 2.05) is 0 Å². The molecule has 5 aromatic carbocycles. The van der Waals surface area contributed by atoms with E-state index in [1.54, 1.807) is 13.0 Å². The number of halogens is 2. The van der Waals surface area contributed by atoms with E-state index in [-0.39, 0.29) is 25.4 Å². The number of aliphatic hydroxyl groups excluding tert-OH is 1. The van der Waals surface area contributed by atoms with Gasteiger partial charge in [0.25, 0.3) is 0 Å². The summed E-state index contributed by atoms with van der Waals surface area (Å²) in [6.45, 7) is 8.39. The summed E-state index contributed by atoms with van der Waals surface area (Å²) in [5.74, 6) is -1.58. The Morgan fingerprint density at radius 2 is 1.17 bits per heavy atom. The summed E-state index contributed by atoms with van der Waals surface area (Å²) < 4.78 is 38.3. The quantitative estimate of drug-likeness (QED) is 0.0746. The average molecular weight is 758 g/mol. The first kappa shape index (κ1) is 44.2. The molecule has 0 unspecified atom stereocenters. The van der Waals surface area contributed by atoms with Crippen LogP contribution in [0, 0.1) is 31.1 Å². The molecule has 0 bridgehead atoms. The van der Waals surface area contributed by atoms with E-state index in [1.165, 1.54) is 71.4 Å². The van der Waals surface area contributed by atoms with E-state index in [2.05, 4.69) is 118 Å². The highest BCUT2D eigenvalue weighted by atomic mass is 31.1. The van der Waals surface area contributed by atoms with E-state index < -0.39 is 32.1 Å². The maximum Gasteiger partial charge on any atom is 0.360 e. The molecule has 0 fully saturated rings. The summed E-state index contributed by atoms with van der Waals surface area (Å²) in [5, 5.41) is 28.2. The second-order valence-electron chi connectivity index (χ2n) is 10.6. The number of hydrogen-bond donors (Lipinski definition) is 2. The Morgan fingerprint density at radius 1 is 0.778 bits per heavy atom. The van der Waals surface area contributed by atoms with Crippen LogP contribution in [0.25, 0.3) is 0 Å². The predicted molar refractivity (Wildman–Crippen MR) is 209 cm³/mol. The van der Waals surface area contributed by atoms with Crippen LogP contribution in [0.4, 0.5) is 8.78 Å². The molecule has 0 radical (unpaired) electrons. The van der Waals surface area contributed by atoms with Crippen molar-refractivity contribution in [1.29, 1.82) is 0 Å². The smallest absolute Gasteiger partial charge is 0.360 e. The molecule has 5 aromatic rings. The fraction of sp³-hybridized carbons (Fsp3) is 0.167. The molecule has 1 aliphatic heterocycles. The second kappa shape index (κ2) is 25.9. The molecule has 0 aromatic heterocycles. The molecule has 0 aliphatic carbocycles. The van der Waals surface area contributed by atoms with Crippen molar-refractivity contribution in [3.8, 4) is 24.0 Å². The van der Waals surface area contributed by atoms with Gasteiger partial charge >= 0.3 is 11.9 Å². The number of phenolic OH excluding ortho intramolecular Hbond substituents is 1. The third kappa shape index (κ3) is 18.0. The highest BCUT2D eigenvalue weighted by Gasteiger charge is 2.16. The lowest BCUT2D eigenvalue weighted by atomic mass is 10.3. The first-order valence-corrected chi connectivity index (χ1v) is 17.9. The SMILES string of the molecule is C#COC(=O)[C@@H](C)Oc1ccc(F)cc1.C1CN=N1.Oc1ccc(F)cc1.[CH2-][C@@H](O)C(=O)OCC.[HH].c1ccc(P(c2ccccc2)c2ccccc2)cc1. The minimum absolute atomic E-state index is 0. The summed E-state index contributed by atoms with van der Waals surface area (Å²) in [7, 11) is -0.446. The highest BCUT2D eigenvalue weighted by Crippen LogP contribution is 2.32. The Labute approximate surface area is 317 Å². The van der Waals surface area contributed by atoms with Crippen molar-refractivity contribution in [3.63, 3.8) is 0 Å². The molecule has 2 N–H and O–H groups in total. The summed E-state index contributed by atoms with van der Waals surface area (Å²) in [6.07, 6.45) is 4.47. The van der Waals surface area contributed by atoms with Crippen LogP contribution in [0.15, 0.2) is 150 Å². The number of hydrogen-bond acceptors (Lipinski definition) is 9. The van der Waals surface area contributed by atoms with Crippen molar-refractivity contribution in [2.24, 2.45) is 10.2 Å². The van der Waals surface area contributed by atoms with Crippen molar-refractivity contribution in [3.05, 3.63) is 158 Å². The highest BCUT2D eigenvalue weighted by molar-refractivity contribution is 7.79. The number of carbonyl (C=O) groups excluding carboxylic acids is 2. The molecule has 12 heteroatoms.